The van der Waals surface area contributed by atoms with Crippen molar-refractivity contribution in [2.45, 2.75) is 6.92 Å². The van der Waals surface area contributed by atoms with Crippen molar-refractivity contribution in [2.75, 3.05) is 24.2 Å². The normalized spacial score (nSPS) is 10.2. The lowest BCUT2D eigenvalue weighted by Crippen LogP contribution is -2.22. The Morgan fingerprint density at radius 3 is 2.54 bits per heavy atom. The average molecular weight is 411 g/mol. The molecule has 24 heavy (non-hydrogen) atoms. The lowest BCUT2D eigenvalue weighted by Gasteiger charge is -2.11. The van der Waals surface area contributed by atoms with Crippen molar-refractivity contribution in [3.63, 3.8) is 0 Å². The Kier molecular flexibility index (Phi) is 6.23. The lowest BCUT2D eigenvalue weighted by molar-refractivity contribution is -0.114. The van der Waals surface area contributed by atoms with Crippen molar-refractivity contribution in [3.05, 3.63) is 57.0 Å². The topological polar surface area (TPSA) is 70.2 Å². The molecule has 0 fully saturated rings. The van der Waals surface area contributed by atoms with E-state index in [2.05, 4.69) is 31.9 Å². The van der Waals surface area contributed by atoms with Crippen molar-refractivity contribution in [2.24, 2.45) is 0 Å². The van der Waals surface area contributed by atoms with Gasteiger partial charge in [-0.2, -0.15) is 0 Å². The summed E-state index contributed by atoms with van der Waals surface area (Å²) >= 11 is 9.51. The standard InChI is InChI=1S/C17H17BrClN3O2/c1-10-3-6-14(12(18)7-10)22-16(23)9-21-15-8-11(17(24)20-2)4-5-13(15)19/h3-8,21H,9H2,1-2H3,(H,20,24)(H,22,23). The molecule has 5 nitrogen and oxygen atoms in total. The molecule has 0 unspecified atom stereocenters. The molecule has 3 N–H and O–H groups in total. The van der Waals surface area contributed by atoms with E-state index in [1.165, 1.54) is 0 Å². The summed E-state index contributed by atoms with van der Waals surface area (Å²) in [5, 5.41) is 8.73. The summed E-state index contributed by atoms with van der Waals surface area (Å²) in [6, 6.07) is 10.5. The molecule has 0 aliphatic carbocycles. The first-order chi connectivity index (χ1) is 11.4. The fourth-order valence-corrected chi connectivity index (χ4v) is 2.81. The predicted octanol–water partition coefficient (Wildman–Crippen LogP) is 3.82. The highest BCUT2D eigenvalue weighted by atomic mass is 79.9. The van der Waals surface area contributed by atoms with Crippen LogP contribution >= 0.6 is 27.5 Å². The zero-order chi connectivity index (χ0) is 17.7. The fraction of sp³-hybridized carbons (Fsp3) is 0.176. The summed E-state index contributed by atoms with van der Waals surface area (Å²) in [6.45, 7) is 2.00. The van der Waals surface area contributed by atoms with Gasteiger partial charge in [0.05, 0.1) is 22.9 Å². The van der Waals surface area contributed by atoms with Crippen molar-refractivity contribution < 1.29 is 9.59 Å². The highest BCUT2D eigenvalue weighted by Crippen LogP contribution is 2.24. The predicted molar refractivity (Wildman–Crippen MR) is 101 cm³/mol. The van der Waals surface area contributed by atoms with E-state index in [0.717, 1.165) is 10.0 Å². The summed E-state index contributed by atoms with van der Waals surface area (Å²) in [7, 11) is 1.55. The van der Waals surface area contributed by atoms with E-state index in [0.29, 0.717) is 22.0 Å². The van der Waals surface area contributed by atoms with Gasteiger partial charge in [-0.15, -0.1) is 0 Å². The smallest absolute Gasteiger partial charge is 0.251 e. The van der Waals surface area contributed by atoms with Crippen LogP contribution in [0.2, 0.25) is 5.02 Å². The van der Waals surface area contributed by atoms with E-state index in [9.17, 15) is 9.59 Å². The van der Waals surface area contributed by atoms with Crippen LogP contribution in [0.25, 0.3) is 0 Å². The number of carbonyl (C=O) groups excluding carboxylic acids is 2. The molecule has 0 radical (unpaired) electrons. The highest BCUT2D eigenvalue weighted by Gasteiger charge is 2.10. The average Bonchev–Trinajstić information content (AvgIpc) is 2.56. The molecule has 0 aromatic heterocycles. The van der Waals surface area contributed by atoms with Crippen LogP contribution in [0.1, 0.15) is 15.9 Å². The molecule has 2 aromatic rings. The van der Waals surface area contributed by atoms with Gasteiger partial charge >= 0.3 is 0 Å². The summed E-state index contributed by atoms with van der Waals surface area (Å²) in [4.78, 5) is 23.7. The van der Waals surface area contributed by atoms with Crippen LogP contribution in [0.3, 0.4) is 0 Å². The maximum atomic E-state index is 12.1. The molecular weight excluding hydrogens is 394 g/mol. The Hall–Kier alpha value is -2.05. The summed E-state index contributed by atoms with van der Waals surface area (Å²) in [5.41, 5.74) is 2.77. The highest BCUT2D eigenvalue weighted by molar-refractivity contribution is 9.10. The third-order valence-electron chi connectivity index (χ3n) is 3.29. The molecule has 0 spiro atoms. The minimum atomic E-state index is -0.221. The van der Waals surface area contributed by atoms with Gasteiger partial charge in [0.2, 0.25) is 5.91 Å². The molecule has 0 atom stereocenters. The van der Waals surface area contributed by atoms with Gasteiger partial charge in [-0.05, 0) is 58.7 Å². The Bertz CT molecular complexity index is 780. The van der Waals surface area contributed by atoms with Crippen LogP contribution < -0.4 is 16.0 Å². The number of halogens is 2. The van der Waals surface area contributed by atoms with Gasteiger partial charge in [-0.3, -0.25) is 9.59 Å². The molecule has 2 aromatic carbocycles. The molecule has 126 valence electrons. The molecule has 2 amide bonds. The molecule has 0 aliphatic rings. The van der Waals surface area contributed by atoms with Crippen LogP contribution in [0.4, 0.5) is 11.4 Å². The van der Waals surface area contributed by atoms with E-state index in [-0.39, 0.29) is 18.4 Å². The Morgan fingerprint density at radius 2 is 1.88 bits per heavy atom. The third-order valence-corrected chi connectivity index (χ3v) is 4.28. The summed E-state index contributed by atoms with van der Waals surface area (Å²) in [6.07, 6.45) is 0. The quantitative estimate of drug-likeness (QED) is 0.702. The summed E-state index contributed by atoms with van der Waals surface area (Å²) < 4.78 is 0.815. The van der Waals surface area contributed by atoms with E-state index in [4.69, 9.17) is 11.6 Å². The second kappa shape index (κ2) is 8.17. The Labute approximate surface area is 153 Å². The van der Waals surface area contributed by atoms with Crippen molar-refractivity contribution in [1.29, 1.82) is 0 Å². The van der Waals surface area contributed by atoms with E-state index in [1.54, 1.807) is 25.2 Å². The van der Waals surface area contributed by atoms with Crippen LogP contribution in [0.15, 0.2) is 40.9 Å². The fourth-order valence-electron chi connectivity index (χ4n) is 2.04. The summed E-state index contributed by atoms with van der Waals surface area (Å²) in [5.74, 6) is -0.441. The maximum absolute atomic E-state index is 12.1. The largest absolute Gasteiger partial charge is 0.375 e. The minimum absolute atomic E-state index is 0.0250. The number of carbonyl (C=O) groups is 2. The SMILES string of the molecule is CNC(=O)c1ccc(Cl)c(NCC(=O)Nc2ccc(C)cc2Br)c1. The van der Waals surface area contributed by atoms with Crippen LogP contribution in [0, 0.1) is 6.92 Å². The molecule has 7 heteroatoms. The number of rotatable bonds is 5. The van der Waals surface area contributed by atoms with E-state index >= 15 is 0 Å². The van der Waals surface area contributed by atoms with Crippen LogP contribution in [-0.4, -0.2) is 25.4 Å². The Morgan fingerprint density at radius 1 is 1.12 bits per heavy atom. The number of nitrogens with one attached hydrogen (secondary N) is 3. The molecular formula is C17H17BrClN3O2. The number of benzene rings is 2. The van der Waals surface area contributed by atoms with Gasteiger partial charge in [-0.1, -0.05) is 17.7 Å². The van der Waals surface area contributed by atoms with Gasteiger partial charge in [0.25, 0.3) is 5.91 Å². The zero-order valence-electron chi connectivity index (χ0n) is 13.2. The van der Waals surface area contributed by atoms with Gasteiger partial charge in [0.1, 0.15) is 0 Å². The molecule has 2 rings (SSSR count). The first-order valence-electron chi connectivity index (χ1n) is 7.22. The molecule has 0 bridgehead atoms. The number of hydrogen-bond acceptors (Lipinski definition) is 3. The third kappa shape index (κ3) is 4.72. The van der Waals surface area contributed by atoms with Gasteiger partial charge < -0.3 is 16.0 Å². The van der Waals surface area contributed by atoms with Crippen molar-refractivity contribution in [1.82, 2.24) is 5.32 Å². The van der Waals surface area contributed by atoms with E-state index in [1.807, 2.05) is 25.1 Å². The van der Waals surface area contributed by atoms with Crippen LogP contribution in [-0.2, 0) is 4.79 Å². The monoisotopic (exact) mass is 409 g/mol. The molecule has 0 aliphatic heterocycles. The van der Waals surface area contributed by atoms with Gasteiger partial charge in [0, 0.05) is 17.1 Å². The van der Waals surface area contributed by atoms with Gasteiger partial charge in [-0.25, -0.2) is 0 Å². The number of hydrogen-bond donors (Lipinski definition) is 3. The maximum Gasteiger partial charge on any atom is 0.251 e. The zero-order valence-corrected chi connectivity index (χ0v) is 15.6. The van der Waals surface area contributed by atoms with Crippen molar-refractivity contribution in [3.8, 4) is 0 Å². The lowest BCUT2D eigenvalue weighted by atomic mass is 10.2. The first kappa shape index (κ1) is 18.3. The van der Waals surface area contributed by atoms with Gasteiger partial charge in [0.15, 0.2) is 0 Å². The van der Waals surface area contributed by atoms with Crippen molar-refractivity contribution >= 4 is 50.7 Å². The van der Waals surface area contributed by atoms with E-state index < -0.39 is 0 Å². The number of amides is 2. The second-order valence-electron chi connectivity index (χ2n) is 5.16. The Balaban J connectivity index is 2.02. The van der Waals surface area contributed by atoms with Crippen LogP contribution in [0.5, 0.6) is 0 Å². The molecule has 0 saturated heterocycles. The number of anilines is 2. The second-order valence-corrected chi connectivity index (χ2v) is 6.42. The first-order valence-corrected chi connectivity index (χ1v) is 8.39. The molecule has 0 heterocycles. The molecule has 0 saturated carbocycles. The number of aryl methyl sites for hydroxylation is 1. The minimum Gasteiger partial charge on any atom is -0.375 e.